The molecule has 1 amide bonds. The number of benzene rings is 2. The summed E-state index contributed by atoms with van der Waals surface area (Å²) >= 11 is 8.64. The van der Waals surface area contributed by atoms with Crippen molar-refractivity contribution in [2.45, 2.75) is 43.4 Å². The van der Waals surface area contributed by atoms with E-state index in [2.05, 4.69) is 5.32 Å². The lowest BCUT2D eigenvalue weighted by Crippen LogP contribution is -2.24. The van der Waals surface area contributed by atoms with Crippen LogP contribution in [0.25, 0.3) is 10.2 Å². The van der Waals surface area contributed by atoms with Crippen LogP contribution in [0.3, 0.4) is 0 Å². The molecule has 0 spiro atoms. The second-order valence-electron chi connectivity index (χ2n) is 6.47. The van der Waals surface area contributed by atoms with Gasteiger partial charge in [-0.05, 0) is 62.7 Å². The Morgan fingerprint density at radius 3 is 2.56 bits per heavy atom. The van der Waals surface area contributed by atoms with E-state index in [0.29, 0.717) is 17.1 Å². The predicted molar refractivity (Wildman–Crippen MR) is 116 cm³/mol. The Morgan fingerprint density at radius 2 is 1.93 bits per heavy atom. The molecule has 0 bridgehead atoms. The molecule has 142 valence electrons. The molecule has 1 aromatic heterocycles. The summed E-state index contributed by atoms with van der Waals surface area (Å²) in [5, 5.41) is 3.45. The number of hydrogen-bond donors (Lipinski definition) is 1. The summed E-state index contributed by atoms with van der Waals surface area (Å²) < 4.78 is 2.65. The van der Waals surface area contributed by atoms with Crippen molar-refractivity contribution >= 4 is 56.5 Å². The van der Waals surface area contributed by atoms with E-state index in [4.69, 9.17) is 11.6 Å². The first kappa shape index (κ1) is 20.0. The van der Waals surface area contributed by atoms with Crippen LogP contribution in [0.4, 0.5) is 5.69 Å². The lowest BCUT2D eigenvalue weighted by molar-refractivity contribution is -0.115. The van der Waals surface area contributed by atoms with E-state index in [9.17, 15) is 9.59 Å². The number of nitrogens with one attached hydrogen (secondary N) is 1. The van der Waals surface area contributed by atoms with Crippen LogP contribution < -0.4 is 10.2 Å². The lowest BCUT2D eigenvalue weighted by Gasteiger charge is -2.15. The molecule has 0 unspecified atom stereocenters. The summed E-state index contributed by atoms with van der Waals surface area (Å²) in [7, 11) is 0. The molecule has 0 radical (unpaired) electrons. The highest BCUT2D eigenvalue weighted by atomic mass is 35.5. The number of carbonyl (C=O) groups excluding carboxylic acids is 1. The topological polar surface area (TPSA) is 51.1 Å². The number of anilines is 1. The van der Waals surface area contributed by atoms with Crippen molar-refractivity contribution < 1.29 is 4.79 Å². The van der Waals surface area contributed by atoms with Crippen molar-refractivity contribution in [1.29, 1.82) is 0 Å². The molecule has 0 aliphatic rings. The van der Waals surface area contributed by atoms with Crippen molar-refractivity contribution in [1.82, 2.24) is 4.57 Å². The molecular formula is C20H21ClN2O2S2. The number of rotatable bonds is 6. The average molecular weight is 421 g/mol. The fourth-order valence-corrected chi connectivity index (χ4v) is 4.96. The number of nitrogens with zero attached hydrogens (tertiary/aromatic N) is 1. The van der Waals surface area contributed by atoms with E-state index in [1.807, 2.05) is 63.2 Å². The van der Waals surface area contributed by atoms with Crippen LogP contribution in [0.15, 0.2) is 52.2 Å². The minimum absolute atomic E-state index is 0.0215. The third kappa shape index (κ3) is 4.57. The van der Waals surface area contributed by atoms with Gasteiger partial charge in [-0.15, -0.1) is 11.8 Å². The molecule has 1 heterocycles. The Morgan fingerprint density at radius 1 is 1.22 bits per heavy atom. The fraction of sp³-hybridized carbons (Fsp3) is 0.300. The van der Waals surface area contributed by atoms with Crippen LogP contribution >= 0.6 is 34.7 Å². The number of hydrogen-bond acceptors (Lipinski definition) is 4. The molecule has 3 aromatic rings. The summed E-state index contributed by atoms with van der Waals surface area (Å²) in [6.45, 7) is 5.97. The monoisotopic (exact) mass is 420 g/mol. The van der Waals surface area contributed by atoms with Gasteiger partial charge >= 0.3 is 4.87 Å². The normalized spacial score (nSPS) is 12.5. The van der Waals surface area contributed by atoms with Gasteiger partial charge in [0.05, 0.1) is 15.5 Å². The predicted octanol–water partition coefficient (Wildman–Crippen LogP) is 5.81. The first-order valence-electron chi connectivity index (χ1n) is 8.77. The van der Waals surface area contributed by atoms with Crippen LogP contribution in [-0.2, 0) is 4.79 Å². The van der Waals surface area contributed by atoms with Crippen LogP contribution in [0, 0.1) is 0 Å². The van der Waals surface area contributed by atoms with Crippen LogP contribution in [-0.4, -0.2) is 15.7 Å². The average Bonchev–Trinajstić information content (AvgIpc) is 2.96. The zero-order chi connectivity index (χ0) is 19.6. The van der Waals surface area contributed by atoms with E-state index < -0.39 is 0 Å². The number of amides is 1. The summed E-state index contributed by atoms with van der Waals surface area (Å²) in [5.74, 6) is -0.0487. The Hall–Kier alpha value is -1.76. The number of thioether (sulfide) groups is 1. The first-order chi connectivity index (χ1) is 12.9. The number of carbonyl (C=O) groups is 1. The summed E-state index contributed by atoms with van der Waals surface area (Å²) in [4.78, 5) is 25.9. The Labute approximate surface area is 171 Å². The zero-order valence-electron chi connectivity index (χ0n) is 15.4. The van der Waals surface area contributed by atoms with Crippen LogP contribution in [0.2, 0.25) is 5.02 Å². The van der Waals surface area contributed by atoms with E-state index in [1.165, 1.54) is 23.1 Å². The number of halogens is 1. The molecule has 2 aromatic carbocycles. The largest absolute Gasteiger partial charge is 0.325 e. The maximum Gasteiger partial charge on any atom is 0.308 e. The molecular weight excluding hydrogens is 400 g/mol. The Balaban J connectivity index is 1.77. The second-order valence-corrected chi connectivity index (χ2v) is 9.18. The zero-order valence-corrected chi connectivity index (χ0v) is 17.8. The molecule has 0 saturated heterocycles. The molecule has 27 heavy (non-hydrogen) atoms. The smallest absolute Gasteiger partial charge is 0.308 e. The van der Waals surface area contributed by atoms with Crippen molar-refractivity contribution in [3.05, 3.63) is 57.2 Å². The number of thiazole rings is 1. The van der Waals surface area contributed by atoms with Gasteiger partial charge in [0.15, 0.2) is 0 Å². The van der Waals surface area contributed by atoms with Gasteiger partial charge in [-0.2, -0.15) is 0 Å². The van der Waals surface area contributed by atoms with Crippen molar-refractivity contribution in [3.63, 3.8) is 0 Å². The maximum atomic E-state index is 12.7. The molecule has 0 aliphatic heterocycles. The molecule has 0 saturated carbocycles. The molecule has 3 rings (SSSR count). The minimum Gasteiger partial charge on any atom is -0.325 e. The Bertz CT molecular complexity index is 1010. The van der Waals surface area contributed by atoms with Gasteiger partial charge in [0.25, 0.3) is 0 Å². The molecule has 0 aliphatic carbocycles. The van der Waals surface area contributed by atoms with Gasteiger partial charge in [-0.25, -0.2) is 0 Å². The third-order valence-corrected chi connectivity index (χ3v) is 6.70. The van der Waals surface area contributed by atoms with Gasteiger partial charge in [0, 0.05) is 21.6 Å². The van der Waals surface area contributed by atoms with Gasteiger partial charge in [0.2, 0.25) is 5.91 Å². The highest BCUT2D eigenvalue weighted by Gasteiger charge is 2.19. The van der Waals surface area contributed by atoms with Gasteiger partial charge in [-0.1, -0.05) is 29.9 Å². The van der Waals surface area contributed by atoms with E-state index in [0.717, 1.165) is 15.1 Å². The first-order valence-corrected chi connectivity index (χ1v) is 10.8. The SMILES string of the molecule is CC[C@@H](Sc1ccc(Cl)cc1)C(=O)Nc1ccc2c(c1)sc(=O)n2C(C)C. The standard InChI is InChI=1S/C20H21ClN2O2S2/c1-4-17(26-15-8-5-13(21)6-9-15)19(24)22-14-7-10-16-18(11-14)27-20(25)23(16)12(2)3/h5-12,17H,4H2,1-3H3,(H,22,24)/t17-/m1/s1. The van der Waals surface area contributed by atoms with Gasteiger partial charge < -0.3 is 5.32 Å². The fourth-order valence-electron chi connectivity index (χ4n) is 2.83. The van der Waals surface area contributed by atoms with Crippen LogP contribution in [0.5, 0.6) is 0 Å². The lowest BCUT2D eigenvalue weighted by atomic mass is 10.2. The number of aromatic nitrogens is 1. The quantitative estimate of drug-likeness (QED) is 0.512. The van der Waals surface area contributed by atoms with Gasteiger partial charge in [0.1, 0.15) is 0 Å². The van der Waals surface area contributed by atoms with E-state index in [1.54, 1.807) is 4.57 Å². The summed E-state index contributed by atoms with van der Waals surface area (Å²) in [5.41, 5.74) is 1.61. The third-order valence-electron chi connectivity index (χ3n) is 4.15. The molecule has 4 nitrogen and oxygen atoms in total. The molecule has 1 atom stereocenters. The van der Waals surface area contributed by atoms with Crippen molar-refractivity contribution in [2.24, 2.45) is 0 Å². The van der Waals surface area contributed by atoms with Crippen molar-refractivity contribution in [3.8, 4) is 0 Å². The highest BCUT2D eigenvalue weighted by molar-refractivity contribution is 8.00. The number of fused-ring (bicyclic) bond motifs is 1. The Kier molecular flexibility index (Phi) is 6.29. The highest BCUT2D eigenvalue weighted by Crippen LogP contribution is 2.29. The van der Waals surface area contributed by atoms with Gasteiger partial charge in [-0.3, -0.25) is 14.2 Å². The van der Waals surface area contributed by atoms with E-state index in [-0.39, 0.29) is 22.1 Å². The van der Waals surface area contributed by atoms with E-state index >= 15 is 0 Å². The molecule has 0 fully saturated rings. The van der Waals surface area contributed by atoms with Crippen LogP contribution in [0.1, 0.15) is 33.2 Å². The molecule has 1 N–H and O–H groups in total. The van der Waals surface area contributed by atoms with Crippen molar-refractivity contribution in [2.75, 3.05) is 5.32 Å². The maximum absolute atomic E-state index is 12.7. The molecule has 7 heteroatoms. The second kappa shape index (κ2) is 8.50. The summed E-state index contributed by atoms with van der Waals surface area (Å²) in [6.07, 6.45) is 0.707. The minimum atomic E-state index is -0.208. The summed E-state index contributed by atoms with van der Waals surface area (Å²) in [6, 6.07) is 13.2.